The summed E-state index contributed by atoms with van der Waals surface area (Å²) in [5, 5.41) is 28.3. The highest BCUT2D eigenvalue weighted by Gasteiger charge is 2.74. The molecule has 2 saturated heterocycles. The number of aromatic nitrogens is 2. The van der Waals surface area contributed by atoms with Crippen LogP contribution in [0.4, 0.5) is 5.69 Å². The van der Waals surface area contributed by atoms with Gasteiger partial charge in [-0.1, -0.05) is 110 Å². The van der Waals surface area contributed by atoms with Crippen molar-refractivity contribution >= 4 is 34.5 Å². The summed E-state index contributed by atoms with van der Waals surface area (Å²) in [6.07, 6.45) is 4.20. The first-order chi connectivity index (χ1) is 29.7. The second-order valence-corrected chi connectivity index (χ2v) is 16.7. The van der Waals surface area contributed by atoms with Gasteiger partial charge in [0.05, 0.1) is 35.6 Å². The largest absolute Gasteiger partial charge is 0.508 e. The number of morpholine rings is 1. The normalized spacial score (nSPS) is 25.4. The maximum absolute atomic E-state index is 15.4. The predicted molar refractivity (Wildman–Crippen MR) is 229 cm³/mol. The number of benzene rings is 5. The molecule has 1 aromatic heterocycles. The molecule has 1 saturated carbocycles. The number of rotatable bonds is 6. The molecular weight excluding hydrogens is 767 g/mol. The zero-order chi connectivity index (χ0) is 41.7. The zero-order valence-corrected chi connectivity index (χ0v) is 33.4. The van der Waals surface area contributed by atoms with E-state index in [2.05, 4.69) is 32.4 Å². The summed E-state index contributed by atoms with van der Waals surface area (Å²) in [6, 6.07) is 36.0. The summed E-state index contributed by atoms with van der Waals surface area (Å²) in [4.78, 5) is 55.9. The van der Waals surface area contributed by atoms with Crippen LogP contribution in [0.25, 0.3) is 11.0 Å². The van der Waals surface area contributed by atoms with Gasteiger partial charge in [-0.05, 0) is 90.4 Å². The number of hydrogen-bond acceptors (Lipinski definition) is 8. The van der Waals surface area contributed by atoms with Gasteiger partial charge in [0.25, 0.3) is 0 Å². The van der Waals surface area contributed by atoms with E-state index in [1.54, 1.807) is 30.3 Å². The van der Waals surface area contributed by atoms with Gasteiger partial charge in [-0.25, -0.2) is 4.98 Å². The lowest BCUT2D eigenvalue weighted by atomic mass is 9.65. The molecule has 11 nitrogen and oxygen atoms in total. The van der Waals surface area contributed by atoms with Gasteiger partial charge in [-0.15, -0.1) is 0 Å². The lowest BCUT2D eigenvalue weighted by molar-refractivity contribution is -0.178. The minimum absolute atomic E-state index is 0.000927. The minimum atomic E-state index is -1.73. The highest BCUT2D eigenvalue weighted by molar-refractivity contribution is 6.12. The first-order valence-corrected chi connectivity index (χ1v) is 21.0. The van der Waals surface area contributed by atoms with Crippen LogP contribution in [-0.4, -0.2) is 54.5 Å². The predicted octanol–water partition coefficient (Wildman–Crippen LogP) is 7.29. The quantitative estimate of drug-likeness (QED) is 0.0667. The summed E-state index contributed by atoms with van der Waals surface area (Å²) >= 11 is 0. The van der Waals surface area contributed by atoms with E-state index < -0.39 is 58.9 Å². The number of phenolic OH excluding ortho intramolecular Hbond substituents is 1. The number of imidazole rings is 1. The van der Waals surface area contributed by atoms with E-state index >= 15 is 14.4 Å². The molecule has 61 heavy (non-hydrogen) atoms. The number of hydrogen-bond donors (Lipinski definition) is 5. The number of nitrogens with zero attached hydrogens (tertiary/aromatic N) is 2. The molecule has 10 rings (SSSR count). The molecule has 4 aliphatic rings. The number of anilines is 1. The van der Waals surface area contributed by atoms with E-state index in [9.17, 15) is 10.2 Å². The number of carbonyl (C=O) groups excluding carboxylic acids is 3. The van der Waals surface area contributed by atoms with Crippen molar-refractivity contribution in [2.75, 3.05) is 5.32 Å². The van der Waals surface area contributed by atoms with Crippen LogP contribution in [0.1, 0.15) is 90.4 Å². The lowest BCUT2D eigenvalue weighted by Crippen LogP contribution is -2.54. The van der Waals surface area contributed by atoms with Crippen molar-refractivity contribution in [3.63, 3.8) is 0 Å². The molecular formula is C50H45N5O6. The Morgan fingerprint density at radius 1 is 0.820 bits per heavy atom. The molecule has 2 amide bonds. The van der Waals surface area contributed by atoms with E-state index in [-0.39, 0.29) is 12.3 Å². The summed E-state index contributed by atoms with van der Waals surface area (Å²) in [7, 11) is 0. The van der Waals surface area contributed by atoms with Crippen molar-refractivity contribution in [2.24, 2.45) is 5.92 Å². The fourth-order valence-electron chi connectivity index (χ4n) is 10.3. The summed E-state index contributed by atoms with van der Waals surface area (Å²) in [5.41, 5.74) is 2.43. The van der Waals surface area contributed by atoms with Gasteiger partial charge in [0.1, 0.15) is 34.7 Å². The van der Waals surface area contributed by atoms with Crippen LogP contribution in [0.15, 0.2) is 127 Å². The number of aromatic amines is 1. The molecule has 3 aliphatic heterocycles. The topological polar surface area (TPSA) is 157 Å². The van der Waals surface area contributed by atoms with E-state index in [4.69, 9.17) is 4.74 Å². The van der Waals surface area contributed by atoms with Crippen molar-refractivity contribution < 1.29 is 29.3 Å². The van der Waals surface area contributed by atoms with Crippen molar-refractivity contribution in [1.82, 2.24) is 20.2 Å². The fourth-order valence-corrected chi connectivity index (χ4v) is 10.3. The molecule has 4 heterocycles. The van der Waals surface area contributed by atoms with E-state index in [0.29, 0.717) is 41.0 Å². The maximum Gasteiger partial charge on any atom is 0.324 e. The second-order valence-electron chi connectivity index (χ2n) is 16.7. The van der Waals surface area contributed by atoms with Crippen LogP contribution in [0, 0.1) is 17.8 Å². The summed E-state index contributed by atoms with van der Waals surface area (Å²) in [6.45, 7) is -0.000927. The van der Waals surface area contributed by atoms with Crippen molar-refractivity contribution in [3.05, 3.63) is 161 Å². The maximum atomic E-state index is 15.4. The van der Waals surface area contributed by atoms with Crippen molar-refractivity contribution in [2.45, 2.75) is 80.3 Å². The molecule has 0 bridgehead atoms. The molecule has 11 heteroatoms. The molecule has 3 fully saturated rings. The number of fused-ring (bicyclic) bond motifs is 4. The Bertz CT molecular complexity index is 2670. The molecule has 306 valence electrons. The zero-order valence-electron chi connectivity index (χ0n) is 33.4. The highest BCUT2D eigenvalue weighted by atomic mass is 16.6. The van der Waals surface area contributed by atoms with Gasteiger partial charge in [0.15, 0.2) is 0 Å². The van der Waals surface area contributed by atoms with Crippen molar-refractivity contribution in [3.8, 4) is 17.6 Å². The number of aliphatic hydroxyl groups is 1. The third kappa shape index (κ3) is 6.63. The van der Waals surface area contributed by atoms with Crippen LogP contribution in [0.2, 0.25) is 0 Å². The number of esters is 1. The summed E-state index contributed by atoms with van der Waals surface area (Å²) in [5.74, 6) is 3.99. The molecule has 1 spiro atoms. The van der Waals surface area contributed by atoms with Gasteiger partial charge in [0, 0.05) is 11.3 Å². The Morgan fingerprint density at radius 2 is 1.51 bits per heavy atom. The van der Waals surface area contributed by atoms with E-state index in [1.807, 2.05) is 102 Å². The van der Waals surface area contributed by atoms with Gasteiger partial charge in [-0.2, -0.15) is 0 Å². The highest BCUT2D eigenvalue weighted by Crippen LogP contribution is 2.64. The first-order valence-electron chi connectivity index (χ1n) is 21.0. The summed E-state index contributed by atoms with van der Waals surface area (Å²) < 4.78 is 6.52. The Hall–Kier alpha value is -6.74. The molecule has 6 atom stereocenters. The lowest BCUT2D eigenvalue weighted by Gasteiger charge is -2.46. The number of aromatic hydroxyl groups is 1. The Labute approximate surface area is 353 Å². The third-order valence-corrected chi connectivity index (χ3v) is 13.0. The first kappa shape index (κ1) is 38.5. The third-order valence-electron chi connectivity index (χ3n) is 13.0. The van der Waals surface area contributed by atoms with Gasteiger partial charge < -0.3 is 30.6 Å². The van der Waals surface area contributed by atoms with E-state index in [1.165, 1.54) is 0 Å². The molecule has 1 aliphatic carbocycles. The SMILES string of the molecule is O=C1OC(c2ccccc2)C(c2ccccc2)N2C1C(C(=O)NCc1nc3ccccc3[nH]1)C1(C(=O)Nc3ccc(C#CC4(O)CCCCCC4)cc31)C2c1ccc(O)cc1. The van der Waals surface area contributed by atoms with Gasteiger partial charge >= 0.3 is 5.97 Å². The van der Waals surface area contributed by atoms with Crippen molar-refractivity contribution in [1.29, 1.82) is 0 Å². The second kappa shape index (κ2) is 15.4. The van der Waals surface area contributed by atoms with Crippen LogP contribution in [-0.2, 0) is 31.1 Å². The molecule has 0 radical (unpaired) electrons. The van der Waals surface area contributed by atoms with E-state index in [0.717, 1.165) is 47.8 Å². The molecule has 6 aromatic rings. The van der Waals surface area contributed by atoms with Crippen LogP contribution in [0.3, 0.4) is 0 Å². The molecule has 6 unspecified atom stereocenters. The number of ether oxygens (including phenoxy) is 1. The van der Waals surface area contributed by atoms with Crippen LogP contribution >= 0.6 is 0 Å². The Balaban J connectivity index is 1.19. The Kier molecular flexibility index (Phi) is 9.70. The monoisotopic (exact) mass is 811 g/mol. The smallest absolute Gasteiger partial charge is 0.324 e. The number of nitrogens with one attached hydrogen (secondary N) is 3. The number of phenols is 1. The average molecular weight is 812 g/mol. The van der Waals surface area contributed by atoms with Crippen LogP contribution < -0.4 is 10.6 Å². The standard InChI is InChI=1S/C50H45N5O6/c56-35-22-20-34(21-23-35)45-50(36-29-31(19-24-37(36)54-48(50)59)25-28-49(60)26-11-1-2-12-27-49)41(46(57)51-30-40-52-38-17-9-10-18-39(38)53-40)43-47(58)61-44(33-15-7-4-8-16-33)42(55(43)45)32-13-5-3-6-14-32/h3-10,13-24,29,41-45,56,60H,1-2,11-12,26-27,30H2,(H,51,57)(H,52,53)(H,54,59). The Morgan fingerprint density at radius 3 is 2.23 bits per heavy atom. The number of carbonyl (C=O) groups is 3. The van der Waals surface area contributed by atoms with Gasteiger partial charge in [-0.3, -0.25) is 19.3 Å². The fraction of sp³-hybridized carbons (Fsp3) is 0.280. The molecule has 5 N–H and O–H groups in total. The number of H-pyrrole nitrogens is 1. The number of para-hydroxylation sites is 2. The average Bonchev–Trinajstić information content (AvgIpc) is 3.88. The van der Waals surface area contributed by atoms with Crippen LogP contribution in [0.5, 0.6) is 5.75 Å². The minimum Gasteiger partial charge on any atom is -0.508 e. The molecule has 5 aromatic carbocycles. The number of amides is 2. The number of cyclic esters (lactones) is 1. The van der Waals surface area contributed by atoms with Gasteiger partial charge in [0.2, 0.25) is 11.8 Å².